The van der Waals surface area contributed by atoms with Crippen LogP contribution in [0.1, 0.15) is 5.56 Å². The number of anilines is 2. The zero-order chi connectivity index (χ0) is 42.8. The van der Waals surface area contributed by atoms with E-state index in [1.165, 1.54) is 6.21 Å². The summed E-state index contributed by atoms with van der Waals surface area (Å²) in [7, 11) is 0. The van der Waals surface area contributed by atoms with Crippen molar-refractivity contribution in [1.29, 1.82) is 5.41 Å². The molecule has 0 aliphatic rings. The Balaban J connectivity index is 1.21. The third-order valence-electron chi connectivity index (χ3n) is 11.8. The lowest BCUT2D eigenvalue weighted by molar-refractivity contribution is 1.18. The Morgan fingerprint density at radius 3 is 1.30 bits per heavy atom. The number of fused-ring (bicyclic) bond motifs is 3. The summed E-state index contributed by atoms with van der Waals surface area (Å²) in [5.41, 5.74) is 17.5. The van der Waals surface area contributed by atoms with Gasteiger partial charge < -0.3 is 15.3 Å². The van der Waals surface area contributed by atoms with Gasteiger partial charge in [0.2, 0.25) is 0 Å². The number of hydrogen-bond donors (Lipinski definition) is 2. The van der Waals surface area contributed by atoms with E-state index in [2.05, 4.69) is 198 Å². The van der Waals surface area contributed by atoms with Crippen LogP contribution in [-0.2, 0) is 0 Å². The molecule has 0 aliphatic heterocycles. The highest BCUT2D eigenvalue weighted by Crippen LogP contribution is 2.40. The largest absolute Gasteiger partial charge is 0.355 e. The fourth-order valence-electron chi connectivity index (χ4n) is 8.72. The van der Waals surface area contributed by atoms with Crippen LogP contribution in [0.3, 0.4) is 0 Å². The van der Waals surface area contributed by atoms with Crippen LogP contribution in [0, 0.1) is 5.41 Å². The third kappa shape index (κ3) is 7.42. The predicted octanol–water partition coefficient (Wildman–Crippen LogP) is 15.3. The molecular weight excluding hydrogens is 779 g/mol. The van der Waals surface area contributed by atoms with Gasteiger partial charge in [0.15, 0.2) is 0 Å². The van der Waals surface area contributed by atoms with Gasteiger partial charge in [0.05, 0.1) is 33.8 Å². The lowest BCUT2D eigenvalue weighted by Gasteiger charge is -2.17. The fourth-order valence-corrected chi connectivity index (χ4v) is 8.72. The van der Waals surface area contributed by atoms with Crippen molar-refractivity contribution in [3.05, 3.63) is 236 Å². The number of nitrogens with one attached hydrogen (secondary N) is 2. The van der Waals surface area contributed by atoms with Crippen molar-refractivity contribution in [3.63, 3.8) is 0 Å². The molecule has 64 heavy (non-hydrogen) atoms. The average Bonchev–Trinajstić information content (AvgIpc) is 3.70. The molecule has 11 aromatic rings. The van der Waals surface area contributed by atoms with E-state index in [-0.39, 0.29) is 0 Å². The van der Waals surface area contributed by atoms with E-state index >= 15 is 0 Å². The summed E-state index contributed by atoms with van der Waals surface area (Å²) in [4.78, 5) is 10.9. The molecule has 2 N–H and O–H groups in total. The van der Waals surface area contributed by atoms with Crippen LogP contribution in [-0.4, -0.2) is 20.7 Å². The summed E-state index contributed by atoms with van der Waals surface area (Å²) in [6.45, 7) is 0. The molecule has 5 nitrogen and oxygen atoms in total. The molecule has 5 heteroatoms. The number of nitrogens with zero attached hydrogens (tertiary/aromatic N) is 3. The number of rotatable bonds is 10. The Bertz CT molecular complexity index is 3190. The van der Waals surface area contributed by atoms with Gasteiger partial charge in [-0.15, -0.1) is 0 Å². The second-order valence-corrected chi connectivity index (χ2v) is 15.9. The molecule has 0 saturated heterocycles. The Kier molecular flexibility index (Phi) is 9.96. The Hall–Kier alpha value is -8.67. The van der Waals surface area contributed by atoms with E-state index < -0.39 is 0 Å². The molecule has 0 radical (unpaired) electrons. The van der Waals surface area contributed by atoms with Gasteiger partial charge in [-0.3, -0.25) is 0 Å². The predicted molar refractivity (Wildman–Crippen MR) is 267 cm³/mol. The highest BCUT2D eigenvalue weighted by molar-refractivity contribution is 6.12. The first-order chi connectivity index (χ1) is 31.6. The van der Waals surface area contributed by atoms with Gasteiger partial charge in [0.1, 0.15) is 0 Å². The lowest BCUT2D eigenvalue weighted by Crippen LogP contribution is -2.00. The number of aromatic nitrogens is 3. The number of benzene rings is 8. The first kappa shape index (κ1) is 38.3. The molecule has 8 aromatic carbocycles. The van der Waals surface area contributed by atoms with Crippen LogP contribution < -0.4 is 5.32 Å². The van der Waals surface area contributed by atoms with Crippen LogP contribution in [0.5, 0.6) is 0 Å². The quantitative estimate of drug-likeness (QED) is 0.135. The summed E-state index contributed by atoms with van der Waals surface area (Å²) in [5, 5.41) is 14.3. The SMILES string of the molecule is N=Cc1cc2c3ccccc3n(-c3cc(-c4cc(-c5ccccc5)cc(-c5ccccc5)n4)cc(-c4cc(-c5ccccc5)cc(-c5ccccc5)n4)c3)c2cc1Nc1ccccc1. The van der Waals surface area contributed by atoms with Crippen LogP contribution in [0.4, 0.5) is 11.4 Å². The molecule has 3 aromatic heterocycles. The maximum absolute atomic E-state index is 8.48. The van der Waals surface area contributed by atoms with Crippen LogP contribution in [0.25, 0.3) is 94.8 Å². The first-order valence-corrected chi connectivity index (χ1v) is 21.5. The molecule has 0 spiro atoms. The van der Waals surface area contributed by atoms with Crippen molar-refractivity contribution in [2.75, 3.05) is 5.32 Å². The van der Waals surface area contributed by atoms with Gasteiger partial charge in [-0.05, 0) is 95.1 Å². The molecular formula is C59H41N5. The molecule has 0 fully saturated rings. The molecule has 11 rings (SSSR count). The normalized spacial score (nSPS) is 11.2. The minimum absolute atomic E-state index is 0.805. The monoisotopic (exact) mass is 819 g/mol. The Morgan fingerprint density at radius 1 is 0.359 bits per heavy atom. The van der Waals surface area contributed by atoms with Crippen molar-refractivity contribution < 1.29 is 0 Å². The topological polar surface area (TPSA) is 66.6 Å². The molecule has 0 atom stereocenters. The molecule has 302 valence electrons. The van der Waals surface area contributed by atoms with Gasteiger partial charge in [-0.1, -0.05) is 158 Å². The summed E-state index contributed by atoms with van der Waals surface area (Å²) in [6.07, 6.45) is 1.43. The smallest absolute Gasteiger partial charge is 0.0716 e. The van der Waals surface area contributed by atoms with Crippen LogP contribution in [0.2, 0.25) is 0 Å². The second-order valence-electron chi connectivity index (χ2n) is 15.9. The summed E-state index contributed by atoms with van der Waals surface area (Å²) in [6, 6.07) is 80.4. The lowest BCUT2D eigenvalue weighted by atomic mass is 9.96. The van der Waals surface area contributed by atoms with Crippen LogP contribution >= 0.6 is 0 Å². The fraction of sp³-hybridized carbons (Fsp3) is 0. The van der Waals surface area contributed by atoms with Crippen molar-refractivity contribution in [1.82, 2.24) is 14.5 Å². The number of hydrogen-bond acceptors (Lipinski definition) is 4. The van der Waals surface area contributed by atoms with Crippen molar-refractivity contribution in [2.45, 2.75) is 0 Å². The Labute approximate surface area is 372 Å². The first-order valence-electron chi connectivity index (χ1n) is 21.5. The van der Waals surface area contributed by atoms with Crippen molar-refractivity contribution in [3.8, 4) is 73.0 Å². The summed E-state index contributed by atoms with van der Waals surface area (Å²) < 4.78 is 2.35. The average molecular weight is 820 g/mol. The Morgan fingerprint density at radius 2 is 0.797 bits per heavy atom. The van der Waals surface area contributed by atoms with Crippen molar-refractivity contribution in [2.24, 2.45) is 0 Å². The maximum atomic E-state index is 8.48. The maximum Gasteiger partial charge on any atom is 0.0716 e. The molecule has 3 heterocycles. The van der Waals surface area contributed by atoms with Crippen molar-refractivity contribution >= 4 is 39.4 Å². The highest BCUT2D eigenvalue weighted by atomic mass is 15.0. The molecule has 0 saturated carbocycles. The van der Waals surface area contributed by atoms with Gasteiger partial charge in [0, 0.05) is 61.9 Å². The van der Waals surface area contributed by atoms with Gasteiger partial charge in [-0.2, -0.15) is 0 Å². The second kappa shape index (κ2) is 16.7. The van der Waals surface area contributed by atoms with E-state index in [1.54, 1.807) is 0 Å². The minimum Gasteiger partial charge on any atom is -0.355 e. The molecule has 0 unspecified atom stereocenters. The summed E-state index contributed by atoms with van der Waals surface area (Å²) >= 11 is 0. The van der Waals surface area contributed by atoms with E-state index in [0.717, 1.165) is 112 Å². The zero-order valence-corrected chi connectivity index (χ0v) is 34.9. The third-order valence-corrected chi connectivity index (χ3v) is 11.8. The standard InChI is InChI=1S/C59H41N5/c60-39-48-33-52-51-28-16-17-29-58(51)64(59(52)38-57(48)61-49-26-14-5-15-27-49)50-31-46(55-36-44(40-18-6-1-7-19-40)34-53(62-55)42-22-10-3-11-23-42)30-47(32-50)56-37-45(41-20-8-2-9-21-41)35-54(63-56)43-24-12-4-13-25-43/h1-39,60-61H. The molecule has 0 amide bonds. The molecule has 0 bridgehead atoms. The van der Waals surface area contributed by atoms with E-state index in [4.69, 9.17) is 15.4 Å². The van der Waals surface area contributed by atoms with Gasteiger partial charge in [0.25, 0.3) is 0 Å². The van der Waals surface area contributed by atoms with Gasteiger partial charge in [-0.25, -0.2) is 9.97 Å². The highest BCUT2D eigenvalue weighted by Gasteiger charge is 2.19. The number of para-hydroxylation sites is 2. The van der Waals surface area contributed by atoms with E-state index in [1.807, 2.05) is 42.5 Å². The summed E-state index contributed by atoms with van der Waals surface area (Å²) in [5.74, 6) is 0. The van der Waals surface area contributed by atoms with Gasteiger partial charge >= 0.3 is 0 Å². The van der Waals surface area contributed by atoms with Crippen LogP contribution in [0.15, 0.2) is 231 Å². The zero-order valence-electron chi connectivity index (χ0n) is 34.9. The van der Waals surface area contributed by atoms with E-state index in [9.17, 15) is 0 Å². The molecule has 0 aliphatic carbocycles. The minimum atomic E-state index is 0.805. The van der Waals surface area contributed by atoms with E-state index in [0.29, 0.717) is 0 Å². The number of pyridine rings is 2.